The van der Waals surface area contributed by atoms with Gasteiger partial charge in [-0.2, -0.15) is 0 Å². The highest BCUT2D eigenvalue weighted by Gasteiger charge is 2.08. The third kappa shape index (κ3) is 4.91. The van der Waals surface area contributed by atoms with Gasteiger partial charge in [-0.3, -0.25) is 9.59 Å². The summed E-state index contributed by atoms with van der Waals surface area (Å²) in [4.78, 5) is 23.5. The zero-order valence-corrected chi connectivity index (χ0v) is 15.6. The molecule has 0 aliphatic rings. The van der Waals surface area contributed by atoms with E-state index in [1.54, 1.807) is 43.5 Å². The molecule has 0 aliphatic carbocycles. The first kappa shape index (κ1) is 19.0. The molecule has 2 N–H and O–H groups in total. The summed E-state index contributed by atoms with van der Waals surface area (Å²) in [5.41, 5.74) is 2.59. The molecule has 142 valence electrons. The Kier molecular flexibility index (Phi) is 5.96. The van der Waals surface area contributed by atoms with Crippen LogP contribution >= 0.6 is 0 Å². The van der Waals surface area contributed by atoms with Crippen LogP contribution in [0.15, 0.2) is 60.7 Å². The number of nitrogens with one attached hydrogen (secondary N) is 2. The van der Waals surface area contributed by atoms with Gasteiger partial charge in [0.2, 0.25) is 0 Å². The smallest absolute Gasteiger partial charge is 0.272 e. The number of hydrogen-bond acceptors (Lipinski definition) is 6. The monoisotopic (exact) mass is 376 g/mol. The van der Waals surface area contributed by atoms with Crippen molar-refractivity contribution >= 4 is 23.2 Å². The van der Waals surface area contributed by atoms with Gasteiger partial charge in [-0.1, -0.05) is 12.1 Å². The SMILES string of the molecule is COc1ccc(CNC(=O)c2ccc(Nc3ccc(C(C)=O)cc3)nn2)cc1. The highest BCUT2D eigenvalue weighted by atomic mass is 16.5. The van der Waals surface area contributed by atoms with Crippen molar-refractivity contribution in [3.8, 4) is 5.75 Å². The molecule has 0 aliphatic heterocycles. The minimum absolute atomic E-state index is 0.0105. The highest BCUT2D eigenvalue weighted by Crippen LogP contribution is 2.15. The second-order valence-corrected chi connectivity index (χ2v) is 6.09. The van der Waals surface area contributed by atoms with Crippen LogP contribution in [0.1, 0.15) is 33.3 Å². The first-order valence-corrected chi connectivity index (χ1v) is 8.68. The molecule has 7 heteroatoms. The Morgan fingerprint density at radius 2 is 1.64 bits per heavy atom. The van der Waals surface area contributed by atoms with E-state index in [2.05, 4.69) is 20.8 Å². The van der Waals surface area contributed by atoms with Gasteiger partial charge in [-0.05, 0) is 61.0 Å². The van der Waals surface area contributed by atoms with Gasteiger partial charge in [-0.25, -0.2) is 0 Å². The summed E-state index contributed by atoms with van der Waals surface area (Å²) in [7, 11) is 1.61. The molecule has 0 fully saturated rings. The third-order valence-corrected chi connectivity index (χ3v) is 4.07. The molecule has 1 amide bonds. The summed E-state index contributed by atoms with van der Waals surface area (Å²) in [5, 5.41) is 13.9. The largest absolute Gasteiger partial charge is 0.497 e. The molecular weight excluding hydrogens is 356 g/mol. The van der Waals surface area contributed by atoms with E-state index in [-0.39, 0.29) is 17.4 Å². The lowest BCUT2D eigenvalue weighted by molar-refractivity contribution is 0.0944. The fourth-order valence-corrected chi connectivity index (χ4v) is 2.47. The van der Waals surface area contributed by atoms with Gasteiger partial charge in [0.25, 0.3) is 5.91 Å². The van der Waals surface area contributed by atoms with E-state index in [1.807, 2.05) is 24.3 Å². The predicted molar refractivity (Wildman–Crippen MR) is 106 cm³/mol. The fourth-order valence-electron chi connectivity index (χ4n) is 2.47. The van der Waals surface area contributed by atoms with Gasteiger partial charge in [0, 0.05) is 17.8 Å². The lowest BCUT2D eigenvalue weighted by atomic mass is 10.1. The van der Waals surface area contributed by atoms with Gasteiger partial charge in [0.15, 0.2) is 17.3 Å². The molecule has 0 saturated carbocycles. The minimum atomic E-state index is -0.305. The summed E-state index contributed by atoms with van der Waals surface area (Å²) in [5.74, 6) is 0.972. The fraction of sp³-hybridized carbons (Fsp3) is 0.143. The highest BCUT2D eigenvalue weighted by molar-refractivity contribution is 5.94. The zero-order valence-electron chi connectivity index (χ0n) is 15.6. The van der Waals surface area contributed by atoms with Crippen LogP contribution in [0.2, 0.25) is 0 Å². The molecule has 1 heterocycles. The molecule has 0 atom stereocenters. The van der Waals surface area contributed by atoms with Crippen molar-refractivity contribution < 1.29 is 14.3 Å². The van der Waals surface area contributed by atoms with Crippen molar-refractivity contribution in [2.24, 2.45) is 0 Å². The number of ketones is 1. The molecule has 3 aromatic rings. The second-order valence-electron chi connectivity index (χ2n) is 6.09. The predicted octanol–water partition coefficient (Wildman–Crippen LogP) is 3.36. The van der Waals surface area contributed by atoms with Crippen LogP contribution in [0.25, 0.3) is 0 Å². The van der Waals surface area contributed by atoms with E-state index in [4.69, 9.17) is 4.74 Å². The summed E-state index contributed by atoms with van der Waals surface area (Å²) < 4.78 is 5.11. The number of Topliss-reactive ketones (excluding diaryl/α,β-unsaturated/α-hetero) is 1. The van der Waals surface area contributed by atoms with Gasteiger partial charge < -0.3 is 15.4 Å². The first-order valence-electron chi connectivity index (χ1n) is 8.68. The van der Waals surface area contributed by atoms with Crippen LogP contribution in [-0.2, 0) is 6.54 Å². The normalized spacial score (nSPS) is 10.2. The number of benzene rings is 2. The average Bonchev–Trinajstić information content (AvgIpc) is 2.73. The van der Waals surface area contributed by atoms with E-state index in [0.29, 0.717) is 17.9 Å². The van der Waals surface area contributed by atoms with Gasteiger partial charge in [-0.15, -0.1) is 10.2 Å². The molecule has 2 aromatic carbocycles. The van der Waals surface area contributed by atoms with Crippen LogP contribution < -0.4 is 15.4 Å². The van der Waals surface area contributed by atoms with Crippen molar-refractivity contribution in [2.45, 2.75) is 13.5 Å². The quantitative estimate of drug-likeness (QED) is 0.614. The number of hydrogen-bond donors (Lipinski definition) is 2. The number of carbonyl (C=O) groups excluding carboxylic acids is 2. The molecule has 0 unspecified atom stereocenters. The van der Waals surface area contributed by atoms with Crippen LogP contribution in [0.4, 0.5) is 11.5 Å². The van der Waals surface area contributed by atoms with E-state index < -0.39 is 0 Å². The molecule has 1 aromatic heterocycles. The van der Waals surface area contributed by atoms with Crippen molar-refractivity contribution in [2.75, 3.05) is 12.4 Å². The molecule has 3 rings (SSSR count). The Balaban J connectivity index is 1.56. The van der Waals surface area contributed by atoms with E-state index in [0.717, 1.165) is 17.0 Å². The maximum atomic E-state index is 12.2. The number of methoxy groups -OCH3 is 1. The number of ether oxygens (including phenoxy) is 1. The van der Waals surface area contributed by atoms with Gasteiger partial charge in [0.05, 0.1) is 7.11 Å². The van der Waals surface area contributed by atoms with E-state index >= 15 is 0 Å². The number of anilines is 2. The Bertz CT molecular complexity index is 952. The number of carbonyl (C=O) groups is 2. The Hall–Kier alpha value is -3.74. The Morgan fingerprint density at radius 3 is 2.21 bits per heavy atom. The molecule has 0 bridgehead atoms. The maximum absolute atomic E-state index is 12.2. The Morgan fingerprint density at radius 1 is 0.929 bits per heavy atom. The Labute approximate surface area is 162 Å². The second kappa shape index (κ2) is 8.77. The van der Waals surface area contributed by atoms with Crippen molar-refractivity contribution in [3.05, 3.63) is 77.5 Å². The van der Waals surface area contributed by atoms with Crippen LogP contribution in [0, 0.1) is 0 Å². The average molecular weight is 376 g/mol. The van der Waals surface area contributed by atoms with Crippen LogP contribution in [0.3, 0.4) is 0 Å². The standard InChI is InChI=1S/C21H20N4O3/c1-14(26)16-5-7-17(8-6-16)23-20-12-11-19(24-25-20)21(27)22-13-15-3-9-18(28-2)10-4-15/h3-12H,13H2,1-2H3,(H,22,27)(H,23,25). The number of nitrogens with zero attached hydrogens (tertiary/aromatic N) is 2. The summed E-state index contributed by atoms with van der Waals surface area (Å²) in [6, 6.07) is 17.8. The van der Waals surface area contributed by atoms with Crippen molar-refractivity contribution in [1.82, 2.24) is 15.5 Å². The zero-order chi connectivity index (χ0) is 19.9. The molecule has 0 saturated heterocycles. The molecule has 0 radical (unpaired) electrons. The first-order chi connectivity index (χ1) is 13.5. The molecule has 7 nitrogen and oxygen atoms in total. The lowest BCUT2D eigenvalue weighted by Crippen LogP contribution is -2.24. The van der Waals surface area contributed by atoms with E-state index in [9.17, 15) is 9.59 Å². The number of aromatic nitrogens is 2. The van der Waals surface area contributed by atoms with Gasteiger partial charge >= 0.3 is 0 Å². The van der Waals surface area contributed by atoms with Crippen molar-refractivity contribution in [1.29, 1.82) is 0 Å². The van der Waals surface area contributed by atoms with Crippen LogP contribution in [0.5, 0.6) is 5.75 Å². The van der Waals surface area contributed by atoms with Crippen LogP contribution in [-0.4, -0.2) is 29.0 Å². The molecule has 28 heavy (non-hydrogen) atoms. The topological polar surface area (TPSA) is 93.2 Å². The molecule has 0 spiro atoms. The minimum Gasteiger partial charge on any atom is -0.497 e. The summed E-state index contributed by atoms with van der Waals surface area (Å²) in [6.45, 7) is 1.90. The van der Waals surface area contributed by atoms with E-state index in [1.165, 1.54) is 6.92 Å². The summed E-state index contributed by atoms with van der Waals surface area (Å²) >= 11 is 0. The third-order valence-electron chi connectivity index (χ3n) is 4.07. The summed E-state index contributed by atoms with van der Waals surface area (Å²) in [6.07, 6.45) is 0. The van der Waals surface area contributed by atoms with Crippen molar-refractivity contribution in [3.63, 3.8) is 0 Å². The number of amides is 1. The lowest BCUT2D eigenvalue weighted by Gasteiger charge is -2.07. The number of rotatable bonds is 7. The maximum Gasteiger partial charge on any atom is 0.272 e. The molecular formula is C21H20N4O3. The van der Waals surface area contributed by atoms with Gasteiger partial charge in [0.1, 0.15) is 5.75 Å².